The molecule has 0 atom stereocenters. The number of aromatic nitrogens is 1. The van der Waals surface area contributed by atoms with Crippen molar-refractivity contribution in [1.29, 1.82) is 0 Å². The second-order valence-corrected chi connectivity index (χ2v) is 6.22. The zero-order valence-corrected chi connectivity index (χ0v) is 13.5. The van der Waals surface area contributed by atoms with E-state index in [1.807, 2.05) is 36.4 Å². The van der Waals surface area contributed by atoms with Crippen molar-refractivity contribution in [2.24, 2.45) is 5.73 Å². The third kappa shape index (κ3) is 2.75. The lowest BCUT2D eigenvalue weighted by molar-refractivity contribution is 0.415. The van der Waals surface area contributed by atoms with Crippen LogP contribution in [0.5, 0.6) is 5.75 Å². The summed E-state index contributed by atoms with van der Waals surface area (Å²) in [6.07, 6.45) is 0. The van der Waals surface area contributed by atoms with Crippen LogP contribution in [-0.2, 0) is 6.54 Å². The summed E-state index contributed by atoms with van der Waals surface area (Å²) < 4.78 is 5.21. The Morgan fingerprint density at radius 2 is 1.82 bits per heavy atom. The number of aryl methyl sites for hydroxylation is 1. The molecule has 0 aliphatic carbocycles. The van der Waals surface area contributed by atoms with Gasteiger partial charge >= 0.3 is 0 Å². The lowest BCUT2D eigenvalue weighted by Crippen LogP contribution is -1.98. The summed E-state index contributed by atoms with van der Waals surface area (Å²) in [5, 5.41) is 1.02. The van der Waals surface area contributed by atoms with Gasteiger partial charge in [-0.1, -0.05) is 24.3 Å². The van der Waals surface area contributed by atoms with Gasteiger partial charge in [-0.3, -0.25) is 0 Å². The molecule has 1 aromatic heterocycles. The average molecular weight is 310 g/mol. The van der Waals surface area contributed by atoms with Gasteiger partial charge in [-0.05, 0) is 36.8 Å². The van der Waals surface area contributed by atoms with Crippen LogP contribution in [0.1, 0.15) is 10.4 Å². The van der Waals surface area contributed by atoms with Crippen molar-refractivity contribution in [2.75, 3.05) is 7.11 Å². The number of ether oxygens (including phenoxy) is 1. The molecule has 0 unspecified atom stereocenters. The van der Waals surface area contributed by atoms with Gasteiger partial charge in [-0.2, -0.15) is 0 Å². The molecule has 3 aromatic rings. The van der Waals surface area contributed by atoms with E-state index >= 15 is 0 Å². The van der Waals surface area contributed by atoms with E-state index in [2.05, 4.69) is 19.1 Å². The van der Waals surface area contributed by atoms with Gasteiger partial charge < -0.3 is 10.5 Å². The summed E-state index contributed by atoms with van der Waals surface area (Å²) >= 11 is 1.70. The molecule has 0 saturated carbocycles. The van der Waals surface area contributed by atoms with E-state index in [1.165, 1.54) is 4.88 Å². The number of hydrogen-bond acceptors (Lipinski definition) is 4. The van der Waals surface area contributed by atoms with Crippen molar-refractivity contribution >= 4 is 11.3 Å². The normalized spacial score (nSPS) is 10.7. The first-order valence-electron chi connectivity index (χ1n) is 7.13. The van der Waals surface area contributed by atoms with Gasteiger partial charge in [0.05, 0.1) is 12.8 Å². The Bertz CT molecular complexity index is 778. The van der Waals surface area contributed by atoms with E-state index in [1.54, 1.807) is 18.4 Å². The Morgan fingerprint density at radius 1 is 1.09 bits per heavy atom. The zero-order chi connectivity index (χ0) is 15.5. The smallest absolute Gasteiger partial charge is 0.124 e. The van der Waals surface area contributed by atoms with Gasteiger partial charge in [0.2, 0.25) is 0 Å². The van der Waals surface area contributed by atoms with Crippen molar-refractivity contribution in [2.45, 2.75) is 13.5 Å². The molecule has 0 amide bonds. The quantitative estimate of drug-likeness (QED) is 0.783. The van der Waals surface area contributed by atoms with Crippen LogP contribution in [0.3, 0.4) is 0 Å². The Labute approximate surface area is 134 Å². The van der Waals surface area contributed by atoms with Gasteiger partial charge in [-0.25, -0.2) is 4.98 Å². The minimum Gasteiger partial charge on any atom is -0.497 e. The molecule has 22 heavy (non-hydrogen) atoms. The number of rotatable bonds is 4. The van der Waals surface area contributed by atoms with Gasteiger partial charge in [0, 0.05) is 22.5 Å². The molecule has 1 heterocycles. The summed E-state index contributed by atoms with van der Waals surface area (Å²) in [7, 11) is 1.67. The van der Waals surface area contributed by atoms with Crippen LogP contribution >= 0.6 is 11.3 Å². The molecular formula is C18H18N2OS. The summed E-state index contributed by atoms with van der Waals surface area (Å²) in [6, 6.07) is 16.2. The fraction of sp³-hybridized carbons (Fsp3) is 0.167. The summed E-state index contributed by atoms with van der Waals surface area (Å²) in [5.41, 5.74) is 10.2. The number of thiazole rings is 1. The number of benzene rings is 2. The highest BCUT2D eigenvalue weighted by molar-refractivity contribution is 7.15. The fourth-order valence-corrected chi connectivity index (χ4v) is 3.43. The molecule has 0 bridgehead atoms. The molecule has 0 aliphatic rings. The molecule has 4 heteroatoms. The summed E-state index contributed by atoms with van der Waals surface area (Å²) in [4.78, 5) is 6.04. The minimum absolute atomic E-state index is 0.521. The van der Waals surface area contributed by atoms with Crippen LogP contribution < -0.4 is 10.5 Å². The van der Waals surface area contributed by atoms with Gasteiger partial charge in [0.15, 0.2) is 0 Å². The molecular weight excluding hydrogens is 292 g/mol. The molecule has 2 aromatic carbocycles. The second-order valence-electron chi connectivity index (χ2n) is 5.01. The van der Waals surface area contributed by atoms with Crippen LogP contribution in [0.25, 0.3) is 21.8 Å². The number of methoxy groups -OCH3 is 1. The monoisotopic (exact) mass is 310 g/mol. The predicted octanol–water partition coefficient (Wildman–Crippen LogP) is 4.25. The number of nitrogens with zero attached hydrogens (tertiary/aromatic N) is 1. The first-order valence-corrected chi connectivity index (χ1v) is 7.94. The molecule has 0 fully saturated rings. The molecule has 3 rings (SSSR count). The molecule has 0 spiro atoms. The van der Waals surface area contributed by atoms with E-state index in [0.29, 0.717) is 6.54 Å². The standard InChI is InChI=1S/C18H18N2OS/c1-12-17(13-7-9-15(21-2)10-8-13)20-18(22-12)16-6-4-3-5-14(16)11-19/h3-10H,11,19H2,1-2H3. The lowest BCUT2D eigenvalue weighted by atomic mass is 10.1. The SMILES string of the molecule is COc1ccc(-c2nc(-c3ccccc3CN)sc2C)cc1. The van der Waals surface area contributed by atoms with Crippen molar-refractivity contribution in [3.63, 3.8) is 0 Å². The lowest BCUT2D eigenvalue weighted by Gasteiger charge is -2.04. The van der Waals surface area contributed by atoms with Gasteiger partial charge in [-0.15, -0.1) is 11.3 Å². The maximum absolute atomic E-state index is 5.84. The van der Waals surface area contributed by atoms with Crippen LogP contribution in [0.2, 0.25) is 0 Å². The highest BCUT2D eigenvalue weighted by Gasteiger charge is 2.13. The van der Waals surface area contributed by atoms with E-state index in [0.717, 1.165) is 33.1 Å². The van der Waals surface area contributed by atoms with Crippen LogP contribution in [0.4, 0.5) is 0 Å². The molecule has 112 valence electrons. The van der Waals surface area contributed by atoms with Crippen LogP contribution in [-0.4, -0.2) is 12.1 Å². The largest absolute Gasteiger partial charge is 0.497 e. The Morgan fingerprint density at radius 3 is 2.50 bits per heavy atom. The maximum Gasteiger partial charge on any atom is 0.124 e. The van der Waals surface area contributed by atoms with E-state index in [9.17, 15) is 0 Å². The summed E-state index contributed by atoms with van der Waals surface area (Å²) in [5.74, 6) is 0.852. The van der Waals surface area contributed by atoms with Crippen molar-refractivity contribution in [1.82, 2.24) is 4.98 Å². The Hall–Kier alpha value is -2.17. The zero-order valence-electron chi connectivity index (χ0n) is 12.7. The van der Waals surface area contributed by atoms with Crippen molar-refractivity contribution in [3.05, 3.63) is 59.0 Å². The molecule has 2 N–H and O–H groups in total. The average Bonchev–Trinajstić information content (AvgIpc) is 2.96. The molecule has 3 nitrogen and oxygen atoms in total. The third-order valence-corrected chi connectivity index (χ3v) is 4.63. The topological polar surface area (TPSA) is 48.1 Å². The number of hydrogen-bond donors (Lipinski definition) is 1. The van der Waals surface area contributed by atoms with Gasteiger partial charge in [0.1, 0.15) is 10.8 Å². The van der Waals surface area contributed by atoms with E-state index in [4.69, 9.17) is 15.5 Å². The predicted molar refractivity (Wildman–Crippen MR) is 92.2 cm³/mol. The molecule has 0 saturated heterocycles. The van der Waals surface area contributed by atoms with E-state index < -0.39 is 0 Å². The first kappa shape index (κ1) is 14.8. The Balaban J connectivity index is 2.03. The fourth-order valence-electron chi connectivity index (χ4n) is 2.44. The number of nitrogens with two attached hydrogens (primary N) is 1. The second kappa shape index (κ2) is 6.30. The molecule has 0 aliphatic heterocycles. The maximum atomic E-state index is 5.84. The third-order valence-electron chi connectivity index (χ3n) is 3.63. The van der Waals surface area contributed by atoms with E-state index in [-0.39, 0.29) is 0 Å². The molecule has 0 radical (unpaired) electrons. The minimum atomic E-state index is 0.521. The van der Waals surface area contributed by atoms with Gasteiger partial charge in [0.25, 0.3) is 0 Å². The van der Waals surface area contributed by atoms with Crippen LogP contribution in [0.15, 0.2) is 48.5 Å². The Kier molecular flexibility index (Phi) is 4.22. The van der Waals surface area contributed by atoms with Crippen molar-refractivity contribution in [3.8, 4) is 27.6 Å². The highest BCUT2D eigenvalue weighted by atomic mass is 32.1. The first-order chi connectivity index (χ1) is 10.7. The highest BCUT2D eigenvalue weighted by Crippen LogP contribution is 2.35. The van der Waals surface area contributed by atoms with Crippen molar-refractivity contribution < 1.29 is 4.74 Å². The van der Waals surface area contributed by atoms with Crippen LogP contribution in [0, 0.1) is 6.92 Å². The summed E-state index contributed by atoms with van der Waals surface area (Å²) in [6.45, 7) is 2.62.